The van der Waals surface area contributed by atoms with Crippen LogP contribution in [0.5, 0.6) is 0 Å². The van der Waals surface area contributed by atoms with Crippen molar-refractivity contribution >= 4 is 28.9 Å². The molecular formula is C7H4Cl2N2O4. The second kappa shape index (κ2) is 4.00. The molecule has 0 N–H and O–H groups in total. The zero-order valence-corrected chi connectivity index (χ0v) is 8.60. The third-order valence-electron chi connectivity index (χ3n) is 1.65. The minimum Gasteiger partial charge on any atom is -0.261 e. The van der Waals surface area contributed by atoms with Crippen molar-refractivity contribution in [1.29, 1.82) is 0 Å². The highest BCUT2D eigenvalue weighted by Crippen LogP contribution is 2.39. The standard InChI is InChI=1S/C7H4Cl2N2O4/c8-7(9,11(14)15)5-3-1-2-4-6(5)10(12)13/h1-4H. The van der Waals surface area contributed by atoms with Crippen LogP contribution in [-0.2, 0) is 4.46 Å². The number of halogens is 2. The van der Waals surface area contributed by atoms with Crippen molar-refractivity contribution < 1.29 is 9.85 Å². The zero-order chi connectivity index (χ0) is 11.6. The van der Waals surface area contributed by atoms with Crippen molar-refractivity contribution in [3.63, 3.8) is 0 Å². The maximum atomic E-state index is 10.6. The molecule has 1 aromatic carbocycles. The lowest BCUT2D eigenvalue weighted by Crippen LogP contribution is -2.23. The van der Waals surface area contributed by atoms with Gasteiger partial charge in [0.05, 0.1) is 9.85 Å². The van der Waals surface area contributed by atoms with Gasteiger partial charge in [-0.05, 0) is 29.3 Å². The second-order valence-electron chi connectivity index (χ2n) is 2.57. The fourth-order valence-electron chi connectivity index (χ4n) is 0.986. The molecule has 0 spiro atoms. The molecule has 0 aromatic heterocycles. The first kappa shape index (κ1) is 11.7. The first-order valence-electron chi connectivity index (χ1n) is 3.63. The first-order valence-corrected chi connectivity index (χ1v) is 4.39. The maximum Gasteiger partial charge on any atom is 0.403 e. The lowest BCUT2D eigenvalue weighted by atomic mass is 10.2. The topological polar surface area (TPSA) is 86.3 Å². The summed E-state index contributed by atoms with van der Waals surface area (Å²) in [5.74, 6) is 0. The van der Waals surface area contributed by atoms with E-state index in [1.807, 2.05) is 0 Å². The van der Waals surface area contributed by atoms with E-state index in [0.717, 1.165) is 12.1 Å². The van der Waals surface area contributed by atoms with Crippen molar-refractivity contribution in [1.82, 2.24) is 0 Å². The van der Waals surface area contributed by atoms with E-state index in [1.54, 1.807) is 0 Å². The molecular weight excluding hydrogens is 247 g/mol. The quantitative estimate of drug-likeness (QED) is 0.357. The van der Waals surface area contributed by atoms with Gasteiger partial charge in [0, 0.05) is 6.07 Å². The Morgan fingerprint density at radius 2 is 1.67 bits per heavy atom. The Balaban J connectivity index is 3.37. The summed E-state index contributed by atoms with van der Waals surface area (Å²) in [6.07, 6.45) is 0. The largest absolute Gasteiger partial charge is 0.403 e. The van der Waals surface area contributed by atoms with E-state index in [1.165, 1.54) is 12.1 Å². The molecule has 15 heavy (non-hydrogen) atoms. The van der Waals surface area contributed by atoms with Gasteiger partial charge in [-0.2, -0.15) is 0 Å². The Kier molecular flexibility index (Phi) is 3.11. The van der Waals surface area contributed by atoms with E-state index in [9.17, 15) is 20.2 Å². The predicted molar refractivity (Wildman–Crippen MR) is 53.5 cm³/mol. The number of nitro benzene ring substituents is 1. The predicted octanol–water partition coefficient (Wildman–Crippen LogP) is 2.46. The minimum atomic E-state index is -2.51. The number of nitrogens with zero attached hydrogens (tertiary/aromatic N) is 2. The van der Waals surface area contributed by atoms with E-state index in [4.69, 9.17) is 23.2 Å². The zero-order valence-electron chi connectivity index (χ0n) is 7.09. The van der Waals surface area contributed by atoms with Gasteiger partial charge in [0.2, 0.25) is 0 Å². The fourth-order valence-corrected chi connectivity index (χ4v) is 1.31. The summed E-state index contributed by atoms with van der Waals surface area (Å²) in [5.41, 5.74) is -0.845. The average molecular weight is 251 g/mol. The molecule has 0 atom stereocenters. The van der Waals surface area contributed by atoms with Crippen LogP contribution in [0.3, 0.4) is 0 Å². The van der Waals surface area contributed by atoms with Gasteiger partial charge in [0.1, 0.15) is 5.56 Å². The van der Waals surface area contributed by atoms with Gasteiger partial charge >= 0.3 is 4.46 Å². The van der Waals surface area contributed by atoms with Crippen molar-refractivity contribution in [2.24, 2.45) is 0 Å². The third kappa shape index (κ3) is 2.16. The Morgan fingerprint density at radius 3 is 2.13 bits per heavy atom. The van der Waals surface area contributed by atoms with Crippen molar-refractivity contribution in [3.8, 4) is 0 Å². The summed E-state index contributed by atoms with van der Waals surface area (Å²) >= 11 is 10.8. The number of hydrogen-bond donors (Lipinski definition) is 0. The van der Waals surface area contributed by atoms with E-state index in [-0.39, 0.29) is 5.56 Å². The Labute approximate surface area is 93.7 Å². The molecule has 0 aliphatic rings. The Bertz CT molecular complexity index is 421. The first-order chi connectivity index (χ1) is 6.87. The lowest BCUT2D eigenvalue weighted by Gasteiger charge is -2.10. The number of alkyl halides is 2. The molecule has 80 valence electrons. The van der Waals surface area contributed by atoms with Gasteiger partial charge in [-0.1, -0.05) is 12.1 Å². The molecule has 0 amide bonds. The van der Waals surface area contributed by atoms with Gasteiger partial charge in [-0.25, -0.2) is 0 Å². The molecule has 0 saturated heterocycles. The summed E-state index contributed by atoms with van der Waals surface area (Å²) in [6, 6.07) is 4.98. The lowest BCUT2D eigenvalue weighted by molar-refractivity contribution is -0.524. The maximum absolute atomic E-state index is 10.6. The van der Waals surface area contributed by atoms with Crippen molar-refractivity contribution in [2.45, 2.75) is 4.46 Å². The van der Waals surface area contributed by atoms with Crippen LogP contribution in [0, 0.1) is 20.2 Å². The summed E-state index contributed by atoms with van der Waals surface area (Å²) in [5, 5.41) is 21.1. The van der Waals surface area contributed by atoms with Crippen molar-refractivity contribution in [3.05, 3.63) is 50.1 Å². The minimum absolute atomic E-state index is 0.358. The van der Waals surface area contributed by atoms with Gasteiger partial charge in [0.15, 0.2) is 0 Å². The molecule has 0 unspecified atom stereocenters. The molecule has 0 aliphatic carbocycles. The van der Waals surface area contributed by atoms with Crippen LogP contribution in [-0.4, -0.2) is 9.85 Å². The van der Waals surface area contributed by atoms with Gasteiger partial charge in [0.25, 0.3) is 5.69 Å². The second-order valence-corrected chi connectivity index (χ2v) is 3.86. The van der Waals surface area contributed by atoms with Gasteiger partial charge in [-0.3, -0.25) is 20.2 Å². The third-order valence-corrected chi connectivity index (χ3v) is 2.34. The fraction of sp³-hybridized carbons (Fsp3) is 0.143. The van der Waals surface area contributed by atoms with E-state index in [2.05, 4.69) is 0 Å². The van der Waals surface area contributed by atoms with E-state index in [0.29, 0.717) is 0 Å². The summed E-state index contributed by atoms with van der Waals surface area (Å²) in [4.78, 5) is 19.3. The van der Waals surface area contributed by atoms with Crippen LogP contribution in [0.1, 0.15) is 5.56 Å². The van der Waals surface area contributed by atoms with Crippen LogP contribution in [0.25, 0.3) is 0 Å². The Hall–Kier alpha value is -1.40. The Morgan fingerprint density at radius 1 is 1.13 bits per heavy atom. The number of benzene rings is 1. The summed E-state index contributed by atoms with van der Waals surface area (Å²) < 4.78 is -2.51. The van der Waals surface area contributed by atoms with Crippen LogP contribution in [0.15, 0.2) is 24.3 Å². The monoisotopic (exact) mass is 250 g/mol. The smallest absolute Gasteiger partial charge is 0.261 e. The van der Waals surface area contributed by atoms with E-state index >= 15 is 0 Å². The normalized spacial score (nSPS) is 11.1. The van der Waals surface area contributed by atoms with Crippen LogP contribution < -0.4 is 0 Å². The summed E-state index contributed by atoms with van der Waals surface area (Å²) in [7, 11) is 0. The number of hydrogen-bond acceptors (Lipinski definition) is 4. The highest BCUT2D eigenvalue weighted by molar-refractivity contribution is 6.46. The van der Waals surface area contributed by atoms with Crippen molar-refractivity contribution in [2.75, 3.05) is 0 Å². The average Bonchev–Trinajstić information content (AvgIpc) is 2.17. The van der Waals surface area contributed by atoms with E-state index < -0.39 is 20.0 Å². The molecule has 0 bridgehead atoms. The van der Waals surface area contributed by atoms with Crippen LogP contribution in [0.4, 0.5) is 5.69 Å². The molecule has 1 rings (SSSR count). The van der Waals surface area contributed by atoms with Crippen LogP contribution in [0.2, 0.25) is 0 Å². The molecule has 0 heterocycles. The van der Waals surface area contributed by atoms with Gasteiger partial charge < -0.3 is 0 Å². The number of nitro groups is 2. The van der Waals surface area contributed by atoms with Crippen LogP contribution >= 0.6 is 23.2 Å². The summed E-state index contributed by atoms with van der Waals surface area (Å²) in [6.45, 7) is 0. The number of para-hydroxylation sites is 1. The molecule has 8 heteroatoms. The number of rotatable bonds is 3. The molecule has 0 radical (unpaired) electrons. The van der Waals surface area contributed by atoms with Gasteiger partial charge in [-0.15, -0.1) is 0 Å². The molecule has 0 aliphatic heterocycles. The molecule has 1 aromatic rings. The molecule has 6 nitrogen and oxygen atoms in total. The highest BCUT2D eigenvalue weighted by Gasteiger charge is 2.45. The molecule has 0 fully saturated rings. The highest BCUT2D eigenvalue weighted by atomic mass is 35.5. The SMILES string of the molecule is O=[N+]([O-])c1ccccc1C(Cl)(Cl)[N+](=O)[O-]. The molecule has 0 saturated carbocycles.